The first kappa shape index (κ1) is 18.9. The van der Waals surface area contributed by atoms with E-state index in [9.17, 15) is 9.18 Å². The van der Waals surface area contributed by atoms with E-state index in [4.69, 9.17) is 17.3 Å². The van der Waals surface area contributed by atoms with E-state index in [1.54, 1.807) is 10.6 Å². The van der Waals surface area contributed by atoms with Crippen LogP contribution in [0.3, 0.4) is 0 Å². The first-order valence-corrected chi connectivity index (χ1v) is 8.35. The summed E-state index contributed by atoms with van der Waals surface area (Å²) in [5, 5.41) is 0.209. The number of benzene rings is 1. The van der Waals surface area contributed by atoms with Crippen molar-refractivity contribution in [1.82, 2.24) is 14.4 Å². The third kappa shape index (κ3) is 3.96. The second kappa shape index (κ2) is 8.07. The molecule has 0 saturated heterocycles. The minimum atomic E-state index is -0.624. The molecular formula is C18H20ClFN4O. The summed E-state index contributed by atoms with van der Waals surface area (Å²) in [6.07, 6.45) is 7.12. The van der Waals surface area contributed by atoms with Crippen LogP contribution in [0, 0.1) is 5.82 Å². The van der Waals surface area contributed by atoms with Crippen molar-refractivity contribution in [2.24, 2.45) is 0 Å². The Bertz CT molecular complexity index is 905. The van der Waals surface area contributed by atoms with Gasteiger partial charge in [0, 0.05) is 13.1 Å². The highest BCUT2D eigenvalue weighted by Gasteiger charge is 2.16. The molecule has 25 heavy (non-hydrogen) atoms. The van der Waals surface area contributed by atoms with Crippen molar-refractivity contribution < 1.29 is 9.18 Å². The van der Waals surface area contributed by atoms with Gasteiger partial charge in [0.2, 0.25) is 0 Å². The maximum atomic E-state index is 14.2. The second-order valence-corrected chi connectivity index (χ2v) is 5.95. The smallest absolute Gasteiger partial charge is 0.180 e. The number of halogens is 2. The fourth-order valence-electron chi connectivity index (χ4n) is 2.10. The number of carbonyl (C=O) groups is 1. The topological polar surface area (TPSA) is 73.3 Å². The fraction of sp³-hybridized carbons (Fsp3) is 0.278. The van der Waals surface area contributed by atoms with Crippen molar-refractivity contribution in [2.45, 2.75) is 33.6 Å². The zero-order valence-electron chi connectivity index (χ0n) is 14.4. The zero-order valence-corrected chi connectivity index (χ0v) is 15.1. The molecule has 3 rings (SSSR count). The third-order valence-electron chi connectivity index (χ3n) is 3.63. The zero-order chi connectivity index (χ0) is 18.6. The number of nitrogens with two attached hydrogens (primary N) is 1. The van der Waals surface area contributed by atoms with Crippen LogP contribution >= 0.6 is 11.6 Å². The van der Waals surface area contributed by atoms with Gasteiger partial charge in [0.15, 0.2) is 11.6 Å². The third-order valence-corrected chi connectivity index (χ3v) is 3.94. The molecule has 0 atom stereocenters. The number of aromatic nitrogens is 3. The van der Waals surface area contributed by atoms with Gasteiger partial charge in [-0.2, -0.15) is 0 Å². The number of fused-ring (bicyclic) bond motifs is 1. The Morgan fingerprint density at radius 1 is 1.28 bits per heavy atom. The summed E-state index contributed by atoms with van der Waals surface area (Å²) in [6.45, 7) is 5.78. The number of Topliss-reactive ketones (excluding diaryl/α,β-unsaturated/α-hetero) is 1. The molecule has 132 valence electrons. The maximum absolute atomic E-state index is 14.2. The van der Waals surface area contributed by atoms with Crippen LogP contribution in [0.1, 0.15) is 44.1 Å². The normalized spacial score (nSPS) is 10.4. The van der Waals surface area contributed by atoms with E-state index >= 15 is 0 Å². The highest BCUT2D eigenvalue weighted by Crippen LogP contribution is 2.32. The molecule has 0 spiro atoms. The van der Waals surface area contributed by atoms with Crippen LogP contribution in [-0.4, -0.2) is 20.2 Å². The van der Waals surface area contributed by atoms with E-state index in [1.807, 2.05) is 0 Å². The minimum absolute atomic E-state index is 0.00801. The van der Waals surface area contributed by atoms with Crippen molar-refractivity contribution in [1.29, 1.82) is 0 Å². The van der Waals surface area contributed by atoms with Crippen LogP contribution < -0.4 is 5.73 Å². The number of rotatable bonds is 3. The Hall–Kier alpha value is -2.47. The number of hydrogen-bond donors (Lipinski definition) is 1. The average molecular weight is 363 g/mol. The van der Waals surface area contributed by atoms with Crippen molar-refractivity contribution in [3.05, 3.63) is 47.4 Å². The molecule has 0 fully saturated rings. The van der Waals surface area contributed by atoms with Gasteiger partial charge in [-0.15, -0.1) is 0 Å². The average Bonchev–Trinajstić information content (AvgIpc) is 3.02. The predicted molar refractivity (Wildman–Crippen MR) is 98.4 cm³/mol. The Labute approximate surface area is 150 Å². The molecule has 0 aliphatic heterocycles. The number of imidazole rings is 1. The van der Waals surface area contributed by atoms with Crippen molar-refractivity contribution in [3.8, 4) is 11.3 Å². The second-order valence-electron chi connectivity index (χ2n) is 5.54. The summed E-state index contributed by atoms with van der Waals surface area (Å²) in [7, 11) is 0. The molecular weight excluding hydrogens is 343 g/mol. The van der Waals surface area contributed by atoms with Crippen LogP contribution in [0.2, 0.25) is 5.02 Å². The van der Waals surface area contributed by atoms with Gasteiger partial charge >= 0.3 is 0 Å². The highest BCUT2D eigenvalue weighted by molar-refractivity contribution is 6.33. The molecule has 7 heteroatoms. The van der Waals surface area contributed by atoms with Gasteiger partial charge in [-0.05, 0) is 12.1 Å². The SMILES string of the molecule is CC(=O)c1ncn2cc(-c3c(Cl)ccc(N)c3F)ncc12.CCCC. The Kier molecular flexibility index (Phi) is 6.09. The molecule has 0 unspecified atom stereocenters. The van der Waals surface area contributed by atoms with Crippen molar-refractivity contribution in [2.75, 3.05) is 5.73 Å². The number of nitrogens with zero attached hydrogens (tertiary/aromatic N) is 3. The number of nitrogen functional groups attached to an aromatic ring is 1. The molecule has 0 saturated carbocycles. The van der Waals surface area contributed by atoms with Crippen LogP contribution in [0.5, 0.6) is 0 Å². The van der Waals surface area contributed by atoms with E-state index < -0.39 is 5.82 Å². The molecule has 0 aliphatic rings. The summed E-state index contributed by atoms with van der Waals surface area (Å²) in [5.41, 5.74) is 6.84. The van der Waals surface area contributed by atoms with Crippen LogP contribution in [0.15, 0.2) is 30.9 Å². The van der Waals surface area contributed by atoms with Gasteiger partial charge in [0.1, 0.15) is 12.0 Å². The van der Waals surface area contributed by atoms with Crippen LogP contribution in [0.4, 0.5) is 10.1 Å². The molecule has 2 N–H and O–H groups in total. The van der Waals surface area contributed by atoms with Crippen molar-refractivity contribution in [3.63, 3.8) is 0 Å². The standard InChI is InChI=1S/C14H10ClFN4O.C4H10/c1-7(21)14-11-4-18-10(5-20(11)6-19-14)12-8(15)2-3-9(17)13(12)16;1-3-4-2/h2-6H,17H2,1H3;3-4H2,1-2H3. The van der Waals surface area contributed by atoms with E-state index in [1.165, 1.54) is 44.4 Å². The van der Waals surface area contributed by atoms with Gasteiger partial charge in [-0.1, -0.05) is 38.3 Å². The summed E-state index contributed by atoms with van der Waals surface area (Å²) < 4.78 is 15.7. The Balaban J connectivity index is 0.000000511. The minimum Gasteiger partial charge on any atom is -0.396 e. The molecule has 2 heterocycles. The Morgan fingerprint density at radius 2 is 1.96 bits per heavy atom. The lowest BCUT2D eigenvalue weighted by Gasteiger charge is -2.08. The lowest BCUT2D eigenvalue weighted by atomic mass is 10.1. The monoisotopic (exact) mass is 362 g/mol. The summed E-state index contributed by atoms with van der Waals surface area (Å²) in [4.78, 5) is 19.6. The van der Waals surface area contributed by atoms with Crippen LogP contribution in [0.25, 0.3) is 16.8 Å². The largest absolute Gasteiger partial charge is 0.396 e. The molecule has 5 nitrogen and oxygen atoms in total. The number of ketones is 1. The van der Waals surface area contributed by atoms with Crippen molar-refractivity contribution >= 4 is 28.6 Å². The van der Waals surface area contributed by atoms with Gasteiger partial charge in [0.05, 0.1) is 33.7 Å². The fourth-order valence-corrected chi connectivity index (χ4v) is 2.34. The van der Waals surface area contributed by atoms with Gasteiger partial charge in [-0.3, -0.25) is 9.78 Å². The van der Waals surface area contributed by atoms with E-state index in [0.29, 0.717) is 16.9 Å². The maximum Gasteiger partial charge on any atom is 0.180 e. The number of hydrogen-bond acceptors (Lipinski definition) is 4. The number of unbranched alkanes of at least 4 members (excludes halogenated alkanes) is 1. The first-order chi connectivity index (χ1) is 11.9. The predicted octanol–water partition coefficient (Wildman–Crippen LogP) is 4.78. The summed E-state index contributed by atoms with van der Waals surface area (Å²) in [6, 6.07) is 2.90. The lowest BCUT2D eigenvalue weighted by Crippen LogP contribution is -1.98. The molecule has 3 aromatic rings. The van der Waals surface area contributed by atoms with Gasteiger partial charge in [-0.25, -0.2) is 9.37 Å². The van der Waals surface area contributed by atoms with E-state index in [-0.39, 0.29) is 22.1 Å². The van der Waals surface area contributed by atoms with Gasteiger partial charge < -0.3 is 10.1 Å². The highest BCUT2D eigenvalue weighted by atomic mass is 35.5. The van der Waals surface area contributed by atoms with Crippen LogP contribution in [-0.2, 0) is 0 Å². The van der Waals surface area contributed by atoms with E-state index in [0.717, 1.165) is 0 Å². The van der Waals surface area contributed by atoms with E-state index in [2.05, 4.69) is 23.8 Å². The molecule has 0 aliphatic carbocycles. The molecule has 2 aromatic heterocycles. The molecule has 0 bridgehead atoms. The molecule has 1 aromatic carbocycles. The first-order valence-electron chi connectivity index (χ1n) is 7.98. The quantitative estimate of drug-likeness (QED) is 0.537. The molecule has 0 radical (unpaired) electrons. The summed E-state index contributed by atoms with van der Waals surface area (Å²) in [5.74, 6) is -0.790. The Morgan fingerprint density at radius 3 is 2.56 bits per heavy atom. The summed E-state index contributed by atoms with van der Waals surface area (Å²) >= 11 is 6.03. The lowest BCUT2D eigenvalue weighted by molar-refractivity contribution is 0.101. The van der Waals surface area contributed by atoms with Gasteiger partial charge in [0.25, 0.3) is 0 Å². The number of carbonyl (C=O) groups excluding carboxylic acids is 1. The molecule has 0 amide bonds. The number of anilines is 1.